The number of nitrogens with two attached hydrogens (primary N) is 1. The molecule has 1 atom stereocenters. The van der Waals surface area contributed by atoms with Crippen LogP contribution in [0.15, 0.2) is 67.1 Å². The van der Waals surface area contributed by atoms with Crippen LogP contribution in [0.1, 0.15) is 28.9 Å². The molecule has 2 aromatic heterocycles. The zero-order valence-electron chi connectivity index (χ0n) is 21.1. The first-order chi connectivity index (χ1) is 19.2. The van der Waals surface area contributed by atoms with Crippen LogP contribution in [0.4, 0.5) is 24.5 Å². The lowest BCUT2D eigenvalue weighted by molar-refractivity contribution is -0.138. The van der Waals surface area contributed by atoms with Crippen LogP contribution in [0.5, 0.6) is 11.5 Å². The van der Waals surface area contributed by atoms with Gasteiger partial charge in [0.25, 0.3) is 5.91 Å². The minimum absolute atomic E-state index is 0.00352. The number of nitrogens with one attached hydrogen (secondary N) is 1. The van der Waals surface area contributed by atoms with Crippen LogP contribution in [-0.2, 0) is 6.18 Å². The molecule has 5 rings (SSSR count). The van der Waals surface area contributed by atoms with Crippen LogP contribution in [-0.4, -0.2) is 45.5 Å². The molecule has 1 fully saturated rings. The van der Waals surface area contributed by atoms with Gasteiger partial charge in [0.15, 0.2) is 5.69 Å². The Morgan fingerprint density at radius 2 is 1.95 bits per heavy atom. The van der Waals surface area contributed by atoms with E-state index in [0.717, 1.165) is 6.42 Å². The fourth-order valence-corrected chi connectivity index (χ4v) is 4.84. The average molecular weight is 572 g/mol. The number of anilines is 2. The van der Waals surface area contributed by atoms with Crippen molar-refractivity contribution in [3.05, 3.63) is 83.4 Å². The lowest BCUT2D eigenvalue weighted by atomic mass is 9.96. The Balaban J connectivity index is 1.56. The largest absolute Gasteiger partial charge is 0.455 e. The van der Waals surface area contributed by atoms with Gasteiger partial charge in [0, 0.05) is 19.3 Å². The van der Waals surface area contributed by atoms with Gasteiger partial charge in [0.2, 0.25) is 0 Å². The van der Waals surface area contributed by atoms with Gasteiger partial charge in [-0.05, 0) is 61.7 Å². The molecule has 3 heterocycles. The predicted molar refractivity (Wildman–Crippen MR) is 144 cm³/mol. The number of alkyl halides is 3. The van der Waals surface area contributed by atoms with Crippen molar-refractivity contribution in [2.75, 3.05) is 29.9 Å². The van der Waals surface area contributed by atoms with Crippen molar-refractivity contribution in [1.29, 1.82) is 0 Å². The Bertz CT molecular complexity index is 1500. The van der Waals surface area contributed by atoms with Gasteiger partial charge in [-0.1, -0.05) is 23.7 Å². The number of aromatic nitrogens is 4. The Morgan fingerprint density at radius 1 is 1.12 bits per heavy atom. The number of nitrogens with zero attached hydrogens (tertiary/aromatic N) is 5. The summed E-state index contributed by atoms with van der Waals surface area (Å²) >= 11 is 6.18. The predicted octanol–water partition coefficient (Wildman–Crippen LogP) is 5.55. The van der Waals surface area contributed by atoms with Gasteiger partial charge in [-0.2, -0.15) is 28.5 Å². The molecule has 208 valence electrons. The van der Waals surface area contributed by atoms with E-state index in [4.69, 9.17) is 22.1 Å². The number of benzene rings is 2. The van der Waals surface area contributed by atoms with E-state index in [1.54, 1.807) is 29.3 Å². The average Bonchev–Trinajstić information content (AvgIpc) is 3.45. The highest BCUT2D eigenvalue weighted by Gasteiger charge is 2.41. The van der Waals surface area contributed by atoms with Crippen LogP contribution in [0, 0.1) is 5.92 Å². The van der Waals surface area contributed by atoms with Crippen molar-refractivity contribution >= 4 is 28.9 Å². The summed E-state index contributed by atoms with van der Waals surface area (Å²) in [6, 6.07) is 12.0. The molecule has 0 bridgehead atoms. The molecule has 1 amide bonds. The molecule has 40 heavy (non-hydrogen) atoms. The number of ether oxygens (including phenoxy) is 1. The number of amides is 1. The summed E-state index contributed by atoms with van der Waals surface area (Å²) in [6.07, 6.45) is 1.11. The first kappa shape index (κ1) is 27.4. The Labute approximate surface area is 232 Å². The third kappa shape index (κ3) is 5.87. The Hall–Kier alpha value is -4.16. The number of hydrogen-bond acceptors (Lipinski definition) is 7. The van der Waals surface area contributed by atoms with E-state index in [0.29, 0.717) is 31.7 Å². The van der Waals surface area contributed by atoms with Gasteiger partial charge in [0.05, 0.1) is 34.5 Å². The summed E-state index contributed by atoms with van der Waals surface area (Å²) in [5.41, 5.74) is 5.22. The van der Waals surface area contributed by atoms with Gasteiger partial charge < -0.3 is 20.7 Å². The molecule has 1 saturated heterocycles. The zero-order chi connectivity index (χ0) is 28.3. The Kier molecular flexibility index (Phi) is 7.90. The highest BCUT2D eigenvalue weighted by Crippen LogP contribution is 2.49. The summed E-state index contributed by atoms with van der Waals surface area (Å²) in [6.45, 7) is 0.972. The molecular formula is C27H25ClF3N7O2. The number of carbonyl (C=O) groups is 1. The van der Waals surface area contributed by atoms with Gasteiger partial charge in [-0.15, -0.1) is 0 Å². The molecule has 3 N–H and O–H groups in total. The van der Waals surface area contributed by atoms with Gasteiger partial charge >= 0.3 is 6.18 Å². The monoisotopic (exact) mass is 571 g/mol. The molecule has 0 saturated carbocycles. The van der Waals surface area contributed by atoms with Crippen LogP contribution in [0.2, 0.25) is 5.02 Å². The van der Waals surface area contributed by atoms with Crippen molar-refractivity contribution in [3.8, 4) is 17.2 Å². The lowest BCUT2D eigenvalue weighted by Gasteiger charge is -2.37. The van der Waals surface area contributed by atoms with Crippen molar-refractivity contribution in [2.45, 2.75) is 19.0 Å². The molecule has 0 unspecified atom stereocenters. The molecule has 1 aliphatic rings. The molecule has 0 spiro atoms. The highest BCUT2D eigenvalue weighted by atomic mass is 35.5. The van der Waals surface area contributed by atoms with E-state index in [1.807, 2.05) is 0 Å². The summed E-state index contributed by atoms with van der Waals surface area (Å²) in [7, 11) is 0. The zero-order valence-corrected chi connectivity index (χ0v) is 21.9. The van der Waals surface area contributed by atoms with Gasteiger partial charge in [-0.3, -0.25) is 4.79 Å². The van der Waals surface area contributed by atoms with E-state index in [9.17, 15) is 18.0 Å². The maximum absolute atomic E-state index is 14.8. The van der Waals surface area contributed by atoms with Crippen molar-refractivity contribution < 1.29 is 22.7 Å². The van der Waals surface area contributed by atoms with Crippen molar-refractivity contribution in [1.82, 2.24) is 20.0 Å². The second-order valence-electron chi connectivity index (χ2n) is 9.26. The minimum Gasteiger partial charge on any atom is -0.455 e. The fraction of sp³-hybridized carbons (Fsp3) is 0.259. The second kappa shape index (κ2) is 11.5. The maximum Gasteiger partial charge on any atom is 0.422 e. The third-order valence-electron chi connectivity index (χ3n) is 6.55. The van der Waals surface area contributed by atoms with Crippen LogP contribution in [0.3, 0.4) is 0 Å². The summed E-state index contributed by atoms with van der Waals surface area (Å²) in [5, 5.41) is 14.5. The smallest absolute Gasteiger partial charge is 0.422 e. The van der Waals surface area contributed by atoms with Gasteiger partial charge in [0.1, 0.15) is 17.1 Å². The number of piperidine rings is 1. The maximum atomic E-state index is 14.8. The normalized spacial score (nSPS) is 15.6. The van der Waals surface area contributed by atoms with Crippen molar-refractivity contribution in [3.63, 3.8) is 0 Å². The molecule has 13 heteroatoms. The number of halogens is 4. The van der Waals surface area contributed by atoms with Gasteiger partial charge in [-0.25, -0.2) is 4.68 Å². The van der Waals surface area contributed by atoms with Crippen molar-refractivity contribution in [2.24, 2.45) is 11.7 Å². The number of rotatable bonds is 7. The summed E-state index contributed by atoms with van der Waals surface area (Å²) in [5.74, 6) is -1.04. The fourth-order valence-electron chi connectivity index (χ4n) is 4.66. The topological polar surface area (TPSA) is 111 Å². The van der Waals surface area contributed by atoms with E-state index < -0.39 is 23.4 Å². The van der Waals surface area contributed by atoms with E-state index in [2.05, 4.69) is 20.6 Å². The first-order valence-corrected chi connectivity index (χ1v) is 12.9. The molecule has 4 aromatic rings. The highest BCUT2D eigenvalue weighted by molar-refractivity contribution is 6.32. The first-order valence-electron chi connectivity index (χ1n) is 12.5. The number of carbonyl (C=O) groups excluding carboxylic acids is 1. The number of hydrogen-bond donors (Lipinski definition) is 2. The molecule has 2 aromatic carbocycles. The lowest BCUT2D eigenvalue weighted by Crippen LogP contribution is -2.40. The van der Waals surface area contributed by atoms with Crippen LogP contribution < -0.4 is 20.7 Å². The molecule has 0 radical (unpaired) electrons. The standard InChI is InChI=1S/C27H25ClF3N7O2/c28-19-5-1-2-6-22(19)40-23-8-7-20(25(24(23)27(29,30)31)37-12-3-4-17(14-32)16-37)35-26(39)21-10-13-38(36-21)18-9-11-33-34-15-18/h1-2,5-11,13,15,17H,3-4,12,14,16,32H2,(H,35,39)/t17-/m0/s1. The quantitative estimate of drug-likeness (QED) is 0.299. The molecule has 9 nitrogen and oxygen atoms in total. The minimum atomic E-state index is -4.82. The van der Waals surface area contributed by atoms with Crippen LogP contribution in [0.25, 0.3) is 5.69 Å². The molecule has 0 aliphatic carbocycles. The summed E-state index contributed by atoms with van der Waals surface area (Å²) in [4.78, 5) is 14.8. The number of para-hydroxylation sites is 1. The van der Waals surface area contributed by atoms with E-state index in [-0.39, 0.29) is 33.8 Å². The Morgan fingerprint density at radius 3 is 2.67 bits per heavy atom. The van der Waals surface area contributed by atoms with E-state index in [1.165, 1.54) is 47.4 Å². The van der Waals surface area contributed by atoms with E-state index >= 15 is 0 Å². The summed E-state index contributed by atoms with van der Waals surface area (Å²) < 4.78 is 51.4. The molecular weight excluding hydrogens is 547 g/mol. The molecule has 1 aliphatic heterocycles. The SMILES string of the molecule is NC[C@@H]1CCCN(c2c(NC(=O)c3ccn(-c4ccnnc4)n3)ccc(Oc3ccccc3Cl)c2C(F)(F)F)C1. The van der Waals surface area contributed by atoms with Crippen LogP contribution >= 0.6 is 11.6 Å². The second-order valence-corrected chi connectivity index (χ2v) is 9.66. The third-order valence-corrected chi connectivity index (χ3v) is 6.86.